The van der Waals surface area contributed by atoms with E-state index in [0.717, 1.165) is 16.7 Å². The molecular weight excluding hydrogens is 264 g/mol. The quantitative estimate of drug-likeness (QED) is 0.654. The van der Waals surface area contributed by atoms with Crippen LogP contribution in [0.3, 0.4) is 0 Å². The van der Waals surface area contributed by atoms with Crippen molar-refractivity contribution in [2.24, 2.45) is 0 Å². The van der Waals surface area contributed by atoms with Crippen molar-refractivity contribution >= 4 is 11.4 Å². The van der Waals surface area contributed by atoms with Gasteiger partial charge in [-0.25, -0.2) is 0 Å². The van der Waals surface area contributed by atoms with Crippen molar-refractivity contribution in [1.82, 2.24) is 0 Å². The van der Waals surface area contributed by atoms with Gasteiger partial charge in [0.25, 0.3) is 0 Å². The summed E-state index contributed by atoms with van der Waals surface area (Å²) in [5.74, 6) is 1.39. The van der Waals surface area contributed by atoms with Crippen molar-refractivity contribution in [1.29, 1.82) is 0 Å². The first-order chi connectivity index (χ1) is 9.97. The van der Waals surface area contributed by atoms with E-state index in [1.165, 1.54) is 0 Å². The summed E-state index contributed by atoms with van der Waals surface area (Å²) in [6.07, 6.45) is 0. The Labute approximate surface area is 125 Å². The molecule has 0 aliphatic rings. The summed E-state index contributed by atoms with van der Waals surface area (Å²) in [5.41, 5.74) is 16.4. The van der Waals surface area contributed by atoms with Crippen molar-refractivity contribution in [3.63, 3.8) is 0 Å². The molecule has 0 bridgehead atoms. The topological polar surface area (TPSA) is 70.5 Å². The molecular formula is C17H22N2O2. The molecule has 0 aliphatic heterocycles. The van der Waals surface area contributed by atoms with Gasteiger partial charge in [-0.3, -0.25) is 0 Å². The predicted octanol–water partition coefficient (Wildman–Crippen LogP) is 3.23. The molecule has 2 aromatic rings. The second kappa shape index (κ2) is 6.39. The highest BCUT2D eigenvalue weighted by Gasteiger charge is 2.05. The van der Waals surface area contributed by atoms with Crippen LogP contribution in [0.4, 0.5) is 11.4 Å². The molecule has 0 unspecified atom stereocenters. The summed E-state index contributed by atoms with van der Waals surface area (Å²) in [4.78, 5) is 0. The zero-order valence-corrected chi connectivity index (χ0v) is 12.8. The molecule has 0 saturated carbocycles. The van der Waals surface area contributed by atoms with E-state index in [1.807, 2.05) is 51.1 Å². The van der Waals surface area contributed by atoms with Crippen LogP contribution in [-0.2, 0) is 0 Å². The summed E-state index contributed by atoms with van der Waals surface area (Å²) in [6, 6.07) is 9.68. The monoisotopic (exact) mass is 286 g/mol. The van der Waals surface area contributed by atoms with Gasteiger partial charge >= 0.3 is 0 Å². The van der Waals surface area contributed by atoms with Crippen LogP contribution < -0.4 is 20.9 Å². The molecule has 0 fully saturated rings. The van der Waals surface area contributed by atoms with Gasteiger partial charge in [-0.15, -0.1) is 0 Å². The predicted molar refractivity (Wildman–Crippen MR) is 86.9 cm³/mol. The van der Waals surface area contributed by atoms with Crippen LogP contribution in [0.5, 0.6) is 11.5 Å². The molecule has 0 saturated heterocycles. The van der Waals surface area contributed by atoms with Gasteiger partial charge in [0, 0.05) is 0 Å². The number of anilines is 2. The van der Waals surface area contributed by atoms with Crippen LogP contribution in [0.1, 0.15) is 16.7 Å². The molecule has 2 rings (SSSR count). The van der Waals surface area contributed by atoms with Crippen LogP contribution in [-0.4, -0.2) is 13.2 Å². The van der Waals surface area contributed by atoms with E-state index < -0.39 is 0 Å². The average Bonchev–Trinajstić information content (AvgIpc) is 2.43. The van der Waals surface area contributed by atoms with E-state index in [1.54, 1.807) is 0 Å². The molecule has 0 amide bonds. The van der Waals surface area contributed by atoms with Crippen LogP contribution >= 0.6 is 0 Å². The molecule has 0 radical (unpaired) electrons. The lowest BCUT2D eigenvalue weighted by Gasteiger charge is -2.13. The van der Waals surface area contributed by atoms with Crippen LogP contribution in [0.15, 0.2) is 30.3 Å². The minimum absolute atomic E-state index is 0.417. The summed E-state index contributed by atoms with van der Waals surface area (Å²) in [7, 11) is 0. The molecule has 4 heteroatoms. The first-order valence-electron chi connectivity index (χ1n) is 6.96. The number of nitrogen functional groups attached to an aromatic ring is 2. The number of nitrogens with two attached hydrogens (primary N) is 2. The Morgan fingerprint density at radius 1 is 0.810 bits per heavy atom. The zero-order valence-electron chi connectivity index (χ0n) is 12.8. The lowest BCUT2D eigenvalue weighted by Crippen LogP contribution is -2.11. The van der Waals surface area contributed by atoms with Gasteiger partial charge in [0.05, 0.1) is 11.4 Å². The Morgan fingerprint density at radius 2 is 1.43 bits per heavy atom. The lowest BCUT2D eigenvalue weighted by molar-refractivity contribution is 0.218. The maximum atomic E-state index is 6.00. The van der Waals surface area contributed by atoms with Crippen LogP contribution in [0.25, 0.3) is 0 Å². The fourth-order valence-corrected chi connectivity index (χ4v) is 2.13. The first kappa shape index (κ1) is 15.0. The van der Waals surface area contributed by atoms with Gasteiger partial charge in [0.1, 0.15) is 24.7 Å². The van der Waals surface area contributed by atoms with Gasteiger partial charge in [0.15, 0.2) is 0 Å². The summed E-state index contributed by atoms with van der Waals surface area (Å²) < 4.78 is 11.3. The van der Waals surface area contributed by atoms with E-state index in [0.29, 0.717) is 36.1 Å². The van der Waals surface area contributed by atoms with Gasteiger partial charge in [0.2, 0.25) is 0 Å². The Hall–Kier alpha value is -2.36. The normalized spacial score (nSPS) is 10.4. The van der Waals surface area contributed by atoms with E-state index in [4.69, 9.17) is 20.9 Å². The minimum Gasteiger partial charge on any atom is -0.488 e. The molecule has 4 nitrogen and oxygen atoms in total. The van der Waals surface area contributed by atoms with Gasteiger partial charge < -0.3 is 20.9 Å². The molecule has 0 aromatic heterocycles. The smallest absolute Gasteiger partial charge is 0.142 e. The number of benzene rings is 2. The second-order valence-electron chi connectivity index (χ2n) is 5.23. The Balaban J connectivity index is 1.92. The molecule has 0 heterocycles. The second-order valence-corrected chi connectivity index (χ2v) is 5.23. The van der Waals surface area contributed by atoms with Crippen molar-refractivity contribution in [2.75, 3.05) is 24.7 Å². The summed E-state index contributed by atoms with van der Waals surface area (Å²) in [5, 5.41) is 0. The van der Waals surface area contributed by atoms with E-state index in [2.05, 4.69) is 0 Å². The molecule has 4 N–H and O–H groups in total. The van der Waals surface area contributed by atoms with Crippen molar-refractivity contribution in [3.05, 3.63) is 47.0 Å². The molecule has 112 valence electrons. The highest BCUT2D eigenvalue weighted by atomic mass is 16.5. The number of ether oxygens (including phenoxy) is 2. The molecule has 21 heavy (non-hydrogen) atoms. The number of aryl methyl sites for hydroxylation is 3. The summed E-state index contributed by atoms with van der Waals surface area (Å²) in [6.45, 7) is 6.82. The van der Waals surface area contributed by atoms with Crippen molar-refractivity contribution < 1.29 is 9.47 Å². The third-order valence-electron chi connectivity index (χ3n) is 3.26. The number of hydrogen-bond donors (Lipinski definition) is 2. The zero-order chi connectivity index (χ0) is 15.4. The maximum Gasteiger partial charge on any atom is 0.142 e. The third kappa shape index (κ3) is 3.81. The number of hydrogen-bond acceptors (Lipinski definition) is 4. The van der Waals surface area contributed by atoms with E-state index >= 15 is 0 Å². The molecule has 0 aliphatic carbocycles. The minimum atomic E-state index is 0.417. The molecule has 2 aromatic carbocycles. The van der Waals surface area contributed by atoms with Crippen LogP contribution in [0.2, 0.25) is 0 Å². The molecule has 0 spiro atoms. The van der Waals surface area contributed by atoms with Gasteiger partial charge in [-0.2, -0.15) is 0 Å². The highest BCUT2D eigenvalue weighted by molar-refractivity contribution is 5.59. The SMILES string of the molecule is Cc1ccc(N)c(OCCOc2cc(C)cc(C)c2N)c1. The maximum absolute atomic E-state index is 6.00. The summed E-state index contributed by atoms with van der Waals surface area (Å²) >= 11 is 0. The Bertz CT molecular complexity index is 639. The Morgan fingerprint density at radius 3 is 2.14 bits per heavy atom. The van der Waals surface area contributed by atoms with Gasteiger partial charge in [-0.1, -0.05) is 12.1 Å². The highest BCUT2D eigenvalue weighted by Crippen LogP contribution is 2.27. The Kier molecular flexibility index (Phi) is 4.58. The third-order valence-corrected chi connectivity index (χ3v) is 3.26. The van der Waals surface area contributed by atoms with Crippen LogP contribution in [0, 0.1) is 20.8 Å². The first-order valence-corrected chi connectivity index (χ1v) is 6.96. The van der Waals surface area contributed by atoms with E-state index in [9.17, 15) is 0 Å². The fourth-order valence-electron chi connectivity index (χ4n) is 2.13. The van der Waals surface area contributed by atoms with Gasteiger partial charge in [-0.05, 0) is 55.7 Å². The fraction of sp³-hybridized carbons (Fsp3) is 0.294. The number of rotatable bonds is 5. The van der Waals surface area contributed by atoms with Crippen molar-refractivity contribution in [2.45, 2.75) is 20.8 Å². The standard InChI is InChI=1S/C17H22N2O2/c1-11-4-5-14(18)15(9-11)20-6-7-21-16-10-12(2)8-13(3)17(16)19/h4-5,8-10H,6-7,18-19H2,1-3H3. The lowest BCUT2D eigenvalue weighted by atomic mass is 10.1. The molecule has 0 atom stereocenters. The largest absolute Gasteiger partial charge is 0.488 e. The average molecular weight is 286 g/mol. The van der Waals surface area contributed by atoms with E-state index in [-0.39, 0.29) is 0 Å². The van der Waals surface area contributed by atoms with Crippen molar-refractivity contribution in [3.8, 4) is 11.5 Å².